The molecular formula is C37H45N6+. The van der Waals surface area contributed by atoms with Crippen LogP contribution in [0.3, 0.4) is 0 Å². The van der Waals surface area contributed by atoms with Gasteiger partial charge in [0, 0.05) is 62.6 Å². The van der Waals surface area contributed by atoms with Gasteiger partial charge in [0.1, 0.15) is 12.2 Å². The van der Waals surface area contributed by atoms with Crippen LogP contribution >= 0.6 is 0 Å². The highest BCUT2D eigenvalue weighted by Gasteiger charge is 2.23. The second-order valence-electron chi connectivity index (χ2n) is 11.6. The summed E-state index contributed by atoms with van der Waals surface area (Å²) < 4.78 is 6.37. The molecule has 0 saturated carbocycles. The zero-order chi connectivity index (χ0) is 30.0. The summed E-state index contributed by atoms with van der Waals surface area (Å²) in [5.74, 6) is 2.40. The molecule has 0 bridgehead atoms. The highest BCUT2D eigenvalue weighted by Crippen LogP contribution is 2.39. The average Bonchev–Trinajstić information content (AvgIpc) is 3.51. The van der Waals surface area contributed by atoms with Crippen LogP contribution in [-0.4, -0.2) is 19.5 Å². The largest absolute Gasteiger partial charge is 0.339 e. The quantitative estimate of drug-likeness (QED) is 0.104. The number of aromatic nitrogens is 6. The summed E-state index contributed by atoms with van der Waals surface area (Å²) in [5, 5.41) is 0. The first kappa shape index (κ1) is 30.1. The van der Waals surface area contributed by atoms with Crippen LogP contribution in [0.5, 0.6) is 0 Å². The van der Waals surface area contributed by atoms with Crippen LogP contribution in [0.15, 0.2) is 104 Å². The van der Waals surface area contributed by atoms with Gasteiger partial charge in [-0.1, -0.05) is 37.6 Å². The molecule has 6 nitrogen and oxygen atoms in total. The van der Waals surface area contributed by atoms with Gasteiger partial charge in [-0.3, -0.25) is 4.98 Å². The Morgan fingerprint density at radius 3 is 2.02 bits per heavy atom. The maximum Gasteiger partial charge on any atom is 0.169 e. The summed E-state index contributed by atoms with van der Waals surface area (Å²) in [6.07, 6.45) is 21.9. The molecule has 0 spiro atoms. The predicted octanol–water partition coefficient (Wildman–Crippen LogP) is 7.20. The van der Waals surface area contributed by atoms with Gasteiger partial charge >= 0.3 is 0 Å². The van der Waals surface area contributed by atoms with Crippen LogP contribution < -0.4 is 9.13 Å². The van der Waals surface area contributed by atoms with Crippen LogP contribution in [0.25, 0.3) is 11.5 Å². The zero-order valence-electron chi connectivity index (χ0n) is 25.9. The van der Waals surface area contributed by atoms with Gasteiger partial charge in [0.2, 0.25) is 0 Å². The van der Waals surface area contributed by atoms with Crippen LogP contribution in [0.1, 0.15) is 86.1 Å². The van der Waals surface area contributed by atoms with E-state index in [9.17, 15) is 0 Å². The fourth-order valence-corrected chi connectivity index (χ4v) is 6.21. The minimum Gasteiger partial charge on any atom is -0.339 e. The monoisotopic (exact) mass is 573 g/mol. The van der Waals surface area contributed by atoms with Crippen LogP contribution in [0.4, 0.5) is 0 Å². The Bertz CT molecular complexity index is 1540. The number of hydrogen-bond donors (Lipinski definition) is 0. The van der Waals surface area contributed by atoms with Crippen molar-refractivity contribution < 1.29 is 9.13 Å². The first-order chi connectivity index (χ1) is 21.0. The molecule has 0 N–H and O–H groups in total. The Morgan fingerprint density at radius 1 is 0.767 bits per heavy atom. The molecule has 0 amide bonds. The van der Waals surface area contributed by atoms with Gasteiger partial charge in [-0.15, -0.1) is 0 Å². The van der Waals surface area contributed by atoms with Gasteiger partial charge in [0.15, 0.2) is 18.2 Å². The second kappa shape index (κ2) is 14.7. The summed E-state index contributed by atoms with van der Waals surface area (Å²) in [7, 11) is 3.99. The zero-order valence-corrected chi connectivity index (χ0v) is 25.9. The highest BCUT2D eigenvalue weighted by molar-refractivity contribution is 5.49. The van der Waals surface area contributed by atoms with E-state index in [0.29, 0.717) is 17.8 Å². The molecule has 0 aromatic carbocycles. The molecule has 0 aliphatic carbocycles. The lowest BCUT2D eigenvalue weighted by molar-refractivity contribution is -0.697. The fourth-order valence-electron chi connectivity index (χ4n) is 6.21. The maximum atomic E-state index is 4.66. The van der Waals surface area contributed by atoms with Crippen molar-refractivity contribution in [1.82, 2.24) is 19.5 Å². The van der Waals surface area contributed by atoms with E-state index in [1.165, 1.54) is 16.7 Å². The van der Waals surface area contributed by atoms with Gasteiger partial charge < -0.3 is 9.13 Å². The van der Waals surface area contributed by atoms with Crippen molar-refractivity contribution in [3.05, 3.63) is 134 Å². The molecule has 0 aliphatic heterocycles. The topological polar surface area (TPSA) is 51.4 Å². The number of hydrogen-bond acceptors (Lipinski definition) is 3. The van der Waals surface area contributed by atoms with Crippen molar-refractivity contribution in [3.8, 4) is 11.5 Å². The minimum atomic E-state index is 0.463. The molecular weight excluding hydrogens is 528 g/mol. The van der Waals surface area contributed by atoms with Crippen molar-refractivity contribution >= 4 is 0 Å². The Morgan fingerprint density at radius 2 is 1.40 bits per heavy atom. The van der Waals surface area contributed by atoms with Crippen LogP contribution in [-0.2, 0) is 13.1 Å². The third-order valence-electron chi connectivity index (χ3n) is 8.73. The van der Waals surface area contributed by atoms with Gasteiger partial charge in [0.25, 0.3) is 0 Å². The summed E-state index contributed by atoms with van der Waals surface area (Å²) in [6, 6.07) is 19.6. The van der Waals surface area contributed by atoms with E-state index in [0.717, 1.165) is 62.4 Å². The van der Waals surface area contributed by atoms with E-state index in [1.807, 2.05) is 48.3 Å². The molecule has 0 fully saturated rings. The van der Waals surface area contributed by atoms with Crippen LogP contribution in [0, 0.1) is 14.0 Å². The van der Waals surface area contributed by atoms with E-state index < -0.39 is 0 Å². The fraction of sp³-hybridized carbons (Fsp3) is 0.351. The third kappa shape index (κ3) is 7.95. The molecule has 5 heterocycles. The molecule has 0 saturated heterocycles. The van der Waals surface area contributed by atoms with Crippen LogP contribution in [0.2, 0.25) is 0 Å². The number of nitrogens with zero attached hydrogens (tertiary/aromatic N) is 6. The van der Waals surface area contributed by atoms with Gasteiger partial charge in [-0.05, 0) is 85.8 Å². The molecule has 222 valence electrons. The Labute approximate surface area is 257 Å². The summed E-state index contributed by atoms with van der Waals surface area (Å²) >= 11 is 0. The molecule has 0 aliphatic rings. The molecule has 5 aromatic heterocycles. The van der Waals surface area contributed by atoms with E-state index in [-0.39, 0.29) is 0 Å². The van der Waals surface area contributed by atoms with E-state index in [2.05, 4.69) is 112 Å². The predicted molar refractivity (Wildman–Crippen MR) is 171 cm³/mol. The lowest BCUT2D eigenvalue weighted by atomic mass is 9.77. The molecule has 3 atom stereocenters. The van der Waals surface area contributed by atoms with E-state index in [4.69, 9.17) is 0 Å². The Kier molecular flexibility index (Phi) is 10.3. The normalized spacial score (nSPS) is 13.5. The maximum absolute atomic E-state index is 4.66. The number of aryl methyl sites for hydroxylation is 3. The Hall–Kier alpha value is -4.32. The molecule has 6 heteroatoms. The summed E-state index contributed by atoms with van der Waals surface area (Å²) in [5.41, 5.74) is 6.15. The molecule has 0 radical (unpaired) electrons. The summed E-state index contributed by atoms with van der Waals surface area (Å²) in [6.45, 7) is 8.50. The summed E-state index contributed by atoms with van der Waals surface area (Å²) in [4.78, 5) is 13.5. The highest BCUT2D eigenvalue weighted by atomic mass is 15.1. The lowest BCUT2D eigenvalue weighted by Crippen LogP contribution is -2.33. The molecule has 43 heavy (non-hydrogen) atoms. The number of imidazole rings is 1. The standard InChI is InChI=1S/C37H45N6/c1-5-30(33-13-22-41(4)23-14-33)27-35(32-11-17-38-18-12-32)28-31(6-2)34-15-24-42(25-16-34)20-8-21-43-26-19-39-37(43)36-10-7-9-29(3)40-36/h7,9-19,22-26,30-31,35H,4-6,8,20-21,27-28H2,1-3H3/q+1. The number of rotatable bonds is 14. The minimum absolute atomic E-state index is 0.463. The van der Waals surface area contributed by atoms with E-state index in [1.54, 1.807) is 0 Å². The molecule has 5 aromatic rings. The average molecular weight is 574 g/mol. The smallest absolute Gasteiger partial charge is 0.169 e. The lowest BCUT2D eigenvalue weighted by Gasteiger charge is -2.27. The van der Waals surface area contributed by atoms with Crippen molar-refractivity contribution in [3.63, 3.8) is 0 Å². The van der Waals surface area contributed by atoms with Gasteiger partial charge in [0.05, 0.1) is 12.4 Å². The van der Waals surface area contributed by atoms with Crippen molar-refractivity contribution in [2.75, 3.05) is 0 Å². The third-order valence-corrected chi connectivity index (χ3v) is 8.73. The second-order valence-corrected chi connectivity index (χ2v) is 11.6. The first-order valence-corrected chi connectivity index (χ1v) is 15.7. The Balaban J connectivity index is 1.24. The van der Waals surface area contributed by atoms with Gasteiger partial charge in [-0.2, -0.15) is 0 Å². The SMILES string of the molecule is [CH2-][n+]1ccc(C(CC)CC(CC(CC)c2cc[n+](CCCn3ccnc3-c3cccc(C)n3)cc2)c2ccncc2)cc1. The van der Waals surface area contributed by atoms with E-state index >= 15 is 0 Å². The first-order valence-electron chi connectivity index (χ1n) is 15.7. The molecule has 3 unspecified atom stereocenters. The van der Waals surface area contributed by atoms with Crippen molar-refractivity contribution in [2.24, 2.45) is 0 Å². The van der Waals surface area contributed by atoms with Crippen molar-refractivity contribution in [2.45, 2.75) is 83.7 Å². The van der Waals surface area contributed by atoms with Crippen molar-refractivity contribution in [1.29, 1.82) is 0 Å². The number of pyridine rings is 4. The van der Waals surface area contributed by atoms with Gasteiger partial charge in [-0.25, -0.2) is 14.5 Å². The molecule has 5 rings (SSSR count).